The summed E-state index contributed by atoms with van der Waals surface area (Å²) in [5.41, 5.74) is 0.584. The second-order valence-corrected chi connectivity index (χ2v) is 6.36. The predicted molar refractivity (Wildman–Crippen MR) is 81.8 cm³/mol. The number of aryl methyl sites for hydroxylation is 2. The van der Waals surface area contributed by atoms with E-state index in [9.17, 15) is 4.79 Å². The van der Waals surface area contributed by atoms with E-state index in [-0.39, 0.29) is 11.9 Å². The first-order valence-corrected chi connectivity index (χ1v) is 7.81. The molecule has 0 aromatic carbocycles. The summed E-state index contributed by atoms with van der Waals surface area (Å²) < 4.78 is 7.16. The molecule has 0 unspecified atom stereocenters. The Kier molecular flexibility index (Phi) is 4.20. The Bertz CT molecular complexity index is 679. The number of hydrogen-bond acceptors (Lipinski definition) is 4. The van der Waals surface area contributed by atoms with Crippen molar-refractivity contribution in [3.05, 3.63) is 34.8 Å². The molecule has 3 rings (SSSR count). The van der Waals surface area contributed by atoms with Gasteiger partial charge in [0.25, 0.3) is 5.91 Å². The molecule has 0 aliphatic heterocycles. The van der Waals surface area contributed by atoms with Gasteiger partial charge in [0.15, 0.2) is 0 Å². The molecule has 1 aliphatic rings. The van der Waals surface area contributed by atoms with Crippen LogP contribution in [0.1, 0.15) is 41.5 Å². The van der Waals surface area contributed by atoms with Crippen LogP contribution in [-0.2, 0) is 13.5 Å². The standard InChI is InChI=1S/C15H19ClN4O2/c1-9-18-19-14(22-9)6-10-3-4-12(5-10)17-15(21)13-7-11(16)8-20(13)2/h7-8,10,12H,3-6H2,1-2H3,(H,17,21)/t10-,12+/m1/s1. The van der Waals surface area contributed by atoms with Crippen LogP contribution in [0.2, 0.25) is 5.02 Å². The van der Waals surface area contributed by atoms with Crippen LogP contribution in [0, 0.1) is 12.8 Å². The van der Waals surface area contributed by atoms with Crippen LogP contribution in [0.15, 0.2) is 16.7 Å². The van der Waals surface area contributed by atoms with Crippen molar-refractivity contribution < 1.29 is 9.21 Å². The minimum atomic E-state index is -0.0753. The highest BCUT2D eigenvalue weighted by molar-refractivity contribution is 6.31. The van der Waals surface area contributed by atoms with E-state index in [1.165, 1.54) is 0 Å². The van der Waals surface area contributed by atoms with Gasteiger partial charge in [-0.3, -0.25) is 4.79 Å². The number of nitrogens with one attached hydrogen (secondary N) is 1. The van der Waals surface area contributed by atoms with E-state index in [2.05, 4.69) is 15.5 Å². The highest BCUT2D eigenvalue weighted by Crippen LogP contribution is 2.28. The van der Waals surface area contributed by atoms with Gasteiger partial charge in [0.05, 0.1) is 5.02 Å². The third-order valence-corrected chi connectivity index (χ3v) is 4.32. The van der Waals surface area contributed by atoms with Gasteiger partial charge in [-0.1, -0.05) is 11.6 Å². The first-order chi connectivity index (χ1) is 10.5. The lowest BCUT2D eigenvalue weighted by atomic mass is 10.0. The van der Waals surface area contributed by atoms with Gasteiger partial charge in [-0.25, -0.2) is 0 Å². The van der Waals surface area contributed by atoms with Crippen LogP contribution < -0.4 is 5.32 Å². The number of nitrogens with zero attached hydrogens (tertiary/aromatic N) is 3. The van der Waals surface area contributed by atoms with Gasteiger partial charge in [-0.15, -0.1) is 10.2 Å². The van der Waals surface area contributed by atoms with E-state index in [1.54, 1.807) is 23.8 Å². The number of hydrogen-bond donors (Lipinski definition) is 1. The van der Waals surface area contributed by atoms with Crippen LogP contribution in [0.5, 0.6) is 0 Å². The first-order valence-electron chi connectivity index (χ1n) is 7.43. The van der Waals surface area contributed by atoms with Crippen LogP contribution in [-0.4, -0.2) is 26.7 Å². The molecule has 2 aromatic rings. The Morgan fingerprint density at radius 3 is 2.95 bits per heavy atom. The largest absolute Gasteiger partial charge is 0.426 e. The van der Waals surface area contributed by atoms with Crippen LogP contribution >= 0.6 is 11.6 Å². The Morgan fingerprint density at radius 2 is 2.32 bits per heavy atom. The summed E-state index contributed by atoms with van der Waals surface area (Å²) in [5, 5.41) is 11.5. The quantitative estimate of drug-likeness (QED) is 0.938. The van der Waals surface area contributed by atoms with Crippen molar-refractivity contribution in [1.82, 2.24) is 20.1 Å². The molecular formula is C15H19ClN4O2. The summed E-state index contributed by atoms with van der Waals surface area (Å²) in [6, 6.07) is 1.88. The molecule has 0 bridgehead atoms. The van der Waals surface area contributed by atoms with Gasteiger partial charge in [0, 0.05) is 32.6 Å². The fourth-order valence-electron chi connectivity index (χ4n) is 3.07. The third-order valence-electron chi connectivity index (χ3n) is 4.11. The molecule has 2 atom stereocenters. The molecule has 2 aromatic heterocycles. The molecule has 0 spiro atoms. The monoisotopic (exact) mass is 322 g/mol. The fourth-order valence-corrected chi connectivity index (χ4v) is 3.32. The number of aromatic nitrogens is 3. The van der Waals surface area contributed by atoms with E-state index in [1.807, 2.05) is 7.05 Å². The molecule has 118 valence electrons. The molecule has 1 aliphatic carbocycles. The summed E-state index contributed by atoms with van der Waals surface area (Å²) >= 11 is 5.92. The lowest BCUT2D eigenvalue weighted by molar-refractivity contribution is 0.0929. The molecule has 6 nitrogen and oxygen atoms in total. The minimum absolute atomic E-state index is 0.0753. The molecule has 0 radical (unpaired) electrons. The average molecular weight is 323 g/mol. The Morgan fingerprint density at radius 1 is 1.50 bits per heavy atom. The molecule has 1 saturated carbocycles. The molecular weight excluding hydrogens is 304 g/mol. The summed E-state index contributed by atoms with van der Waals surface area (Å²) in [5.74, 6) is 1.68. The van der Waals surface area contributed by atoms with Gasteiger partial charge >= 0.3 is 0 Å². The maximum absolute atomic E-state index is 12.3. The molecule has 22 heavy (non-hydrogen) atoms. The molecule has 1 fully saturated rings. The maximum Gasteiger partial charge on any atom is 0.268 e. The van der Waals surface area contributed by atoms with Crippen LogP contribution in [0.3, 0.4) is 0 Å². The van der Waals surface area contributed by atoms with Gasteiger partial charge in [0.2, 0.25) is 11.8 Å². The Hall–Kier alpha value is -1.82. The number of carbonyl (C=O) groups excluding carboxylic acids is 1. The van der Waals surface area contributed by atoms with Crippen molar-refractivity contribution in [2.45, 2.75) is 38.6 Å². The van der Waals surface area contributed by atoms with Gasteiger partial charge in [-0.2, -0.15) is 0 Å². The lowest BCUT2D eigenvalue weighted by Crippen LogP contribution is -2.34. The van der Waals surface area contributed by atoms with Crippen molar-refractivity contribution in [1.29, 1.82) is 0 Å². The van der Waals surface area contributed by atoms with Crippen LogP contribution in [0.4, 0.5) is 0 Å². The van der Waals surface area contributed by atoms with E-state index in [0.717, 1.165) is 25.7 Å². The Balaban J connectivity index is 1.54. The summed E-state index contributed by atoms with van der Waals surface area (Å²) in [6.07, 6.45) is 5.47. The predicted octanol–water partition coefficient (Wildman–Crippen LogP) is 2.51. The zero-order valence-corrected chi connectivity index (χ0v) is 13.4. The molecule has 2 heterocycles. The smallest absolute Gasteiger partial charge is 0.268 e. The summed E-state index contributed by atoms with van der Waals surface area (Å²) in [7, 11) is 1.82. The molecule has 1 N–H and O–H groups in total. The van der Waals surface area contributed by atoms with Gasteiger partial charge in [-0.05, 0) is 31.2 Å². The van der Waals surface area contributed by atoms with Crippen molar-refractivity contribution in [3.8, 4) is 0 Å². The van der Waals surface area contributed by atoms with E-state index in [4.69, 9.17) is 16.0 Å². The molecule has 1 amide bonds. The average Bonchev–Trinajstić information content (AvgIpc) is 3.13. The summed E-state index contributed by atoms with van der Waals surface area (Å²) in [6.45, 7) is 1.79. The third kappa shape index (κ3) is 3.32. The first kappa shape index (κ1) is 15.1. The highest BCUT2D eigenvalue weighted by Gasteiger charge is 2.28. The van der Waals surface area contributed by atoms with Crippen molar-refractivity contribution in [3.63, 3.8) is 0 Å². The van der Waals surface area contributed by atoms with Gasteiger partial charge in [0.1, 0.15) is 5.69 Å². The Labute approximate surface area is 133 Å². The maximum atomic E-state index is 12.3. The topological polar surface area (TPSA) is 73.0 Å². The lowest BCUT2D eigenvalue weighted by Gasteiger charge is -2.13. The van der Waals surface area contributed by atoms with Crippen molar-refractivity contribution >= 4 is 17.5 Å². The second-order valence-electron chi connectivity index (χ2n) is 5.92. The normalized spacial score (nSPS) is 21.2. The highest BCUT2D eigenvalue weighted by atomic mass is 35.5. The molecule has 0 saturated heterocycles. The van der Waals surface area contributed by atoms with E-state index < -0.39 is 0 Å². The second kappa shape index (κ2) is 6.12. The summed E-state index contributed by atoms with van der Waals surface area (Å²) in [4.78, 5) is 12.3. The zero-order chi connectivity index (χ0) is 15.7. The van der Waals surface area contributed by atoms with E-state index in [0.29, 0.717) is 28.4 Å². The number of carbonyl (C=O) groups is 1. The van der Waals surface area contributed by atoms with Crippen molar-refractivity contribution in [2.24, 2.45) is 13.0 Å². The van der Waals surface area contributed by atoms with Crippen molar-refractivity contribution in [2.75, 3.05) is 0 Å². The van der Waals surface area contributed by atoms with E-state index >= 15 is 0 Å². The minimum Gasteiger partial charge on any atom is -0.426 e. The van der Waals surface area contributed by atoms with Gasteiger partial charge < -0.3 is 14.3 Å². The fraction of sp³-hybridized carbons (Fsp3) is 0.533. The SMILES string of the molecule is Cc1nnc(C[C@@H]2CC[C@H](NC(=O)c3cc(Cl)cn3C)C2)o1. The number of amides is 1. The number of halogens is 1. The zero-order valence-electron chi connectivity index (χ0n) is 12.7. The van der Waals surface area contributed by atoms with Crippen LogP contribution in [0.25, 0.3) is 0 Å². The number of rotatable bonds is 4. The molecule has 7 heteroatoms.